The van der Waals surface area contributed by atoms with Crippen LogP contribution in [-0.4, -0.2) is 20.5 Å². The number of rotatable bonds is 5. The first kappa shape index (κ1) is 20.4. The van der Waals surface area contributed by atoms with Gasteiger partial charge in [-0.2, -0.15) is 0 Å². The van der Waals surface area contributed by atoms with Crippen LogP contribution in [0.1, 0.15) is 31.2 Å². The molecule has 1 saturated heterocycles. The highest BCUT2D eigenvalue weighted by Gasteiger charge is 2.34. The van der Waals surface area contributed by atoms with Crippen molar-refractivity contribution in [2.24, 2.45) is 4.99 Å². The highest BCUT2D eigenvalue weighted by atomic mass is 32.2. The van der Waals surface area contributed by atoms with E-state index >= 15 is 0 Å². The Morgan fingerprint density at radius 3 is 2.56 bits per heavy atom. The van der Waals surface area contributed by atoms with Gasteiger partial charge in [-0.05, 0) is 62.0 Å². The van der Waals surface area contributed by atoms with Gasteiger partial charge in [-0.15, -0.1) is 0 Å². The Kier molecular flexibility index (Phi) is 5.45. The number of fused-ring (bicyclic) bond motifs is 1. The Balaban J connectivity index is 1.56. The van der Waals surface area contributed by atoms with Gasteiger partial charge >= 0.3 is 0 Å². The molecule has 3 heterocycles. The molecule has 0 saturated carbocycles. The van der Waals surface area contributed by atoms with Crippen LogP contribution in [0.4, 0.5) is 5.69 Å². The fourth-order valence-electron chi connectivity index (χ4n) is 3.82. The van der Waals surface area contributed by atoms with Gasteiger partial charge in [0.25, 0.3) is 5.91 Å². The molecular formula is C26H23N3O2S. The Hall–Kier alpha value is -3.51. The van der Waals surface area contributed by atoms with Crippen molar-refractivity contribution in [1.82, 2.24) is 9.47 Å². The number of aromatic nitrogens is 1. The molecule has 2 aromatic heterocycles. The monoisotopic (exact) mass is 441 g/mol. The number of hydrogen-bond donors (Lipinski definition) is 0. The molecule has 0 aliphatic carbocycles. The number of benzene rings is 2. The molecule has 0 unspecified atom stereocenters. The summed E-state index contributed by atoms with van der Waals surface area (Å²) in [7, 11) is 0. The van der Waals surface area contributed by atoms with Crippen molar-refractivity contribution in [3.63, 3.8) is 0 Å². The fourth-order valence-corrected chi connectivity index (χ4v) is 4.81. The van der Waals surface area contributed by atoms with E-state index in [4.69, 9.17) is 9.41 Å². The summed E-state index contributed by atoms with van der Waals surface area (Å²) in [6.07, 6.45) is 5.73. The molecule has 1 aliphatic rings. The molecule has 4 aromatic rings. The van der Waals surface area contributed by atoms with Gasteiger partial charge in [0.05, 0.1) is 23.4 Å². The largest absolute Gasteiger partial charge is 0.467 e. The smallest absolute Gasteiger partial charge is 0.267 e. The van der Waals surface area contributed by atoms with E-state index in [-0.39, 0.29) is 5.91 Å². The second-order valence-electron chi connectivity index (χ2n) is 7.91. The van der Waals surface area contributed by atoms with Crippen LogP contribution in [-0.2, 0) is 11.3 Å². The molecular weight excluding hydrogens is 418 g/mol. The van der Waals surface area contributed by atoms with Crippen LogP contribution >= 0.6 is 11.8 Å². The quantitative estimate of drug-likeness (QED) is 0.327. The van der Waals surface area contributed by atoms with Gasteiger partial charge in [0.1, 0.15) is 5.76 Å². The van der Waals surface area contributed by atoms with Gasteiger partial charge in [-0.25, -0.2) is 4.99 Å². The Morgan fingerprint density at radius 2 is 1.81 bits per heavy atom. The minimum atomic E-state index is -0.0672. The lowest BCUT2D eigenvalue weighted by Crippen LogP contribution is -2.28. The maximum atomic E-state index is 13.4. The summed E-state index contributed by atoms with van der Waals surface area (Å²) < 4.78 is 7.74. The number of aliphatic imine (C=N–C) groups is 1. The maximum absolute atomic E-state index is 13.4. The molecule has 0 N–H and O–H groups in total. The van der Waals surface area contributed by atoms with Crippen molar-refractivity contribution in [2.45, 2.75) is 26.4 Å². The zero-order valence-electron chi connectivity index (χ0n) is 17.9. The first-order chi connectivity index (χ1) is 15.6. The van der Waals surface area contributed by atoms with Crippen molar-refractivity contribution in [1.29, 1.82) is 0 Å². The van der Waals surface area contributed by atoms with Crippen molar-refractivity contribution >= 4 is 45.5 Å². The second-order valence-corrected chi connectivity index (χ2v) is 8.92. The van der Waals surface area contributed by atoms with Crippen LogP contribution in [0, 0.1) is 0 Å². The van der Waals surface area contributed by atoms with Crippen LogP contribution in [0.15, 0.2) is 93.5 Å². The van der Waals surface area contributed by atoms with E-state index in [1.54, 1.807) is 11.2 Å². The highest BCUT2D eigenvalue weighted by molar-refractivity contribution is 8.18. The highest BCUT2D eigenvalue weighted by Crippen LogP contribution is 2.37. The first-order valence-corrected chi connectivity index (χ1v) is 11.4. The summed E-state index contributed by atoms with van der Waals surface area (Å²) in [5.41, 5.74) is 3.00. The molecule has 5 rings (SSSR count). The molecule has 1 aliphatic heterocycles. The third-order valence-corrected chi connectivity index (χ3v) is 6.38. The van der Waals surface area contributed by atoms with Gasteiger partial charge in [0.15, 0.2) is 5.17 Å². The van der Waals surface area contributed by atoms with Gasteiger partial charge in [-0.3, -0.25) is 9.69 Å². The number of amidine groups is 1. The minimum Gasteiger partial charge on any atom is -0.467 e. The number of carbonyl (C=O) groups excluding carboxylic acids is 1. The van der Waals surface area contributed by atoms with Gasteiger partial charge in [0.2, 0.25) is 0 Å². The van der Waals surface area contributed by atoms with Crippen molar-refractivity contribution in [3.05, 3.63) is 95.4 Å². The number of carbonyl (C=O) groups is 1. The molecule has 1 amide bonds. The van der Waals surface area contributed by atoms with E-state index in [2.05, 4.69) is 36.7 Å². The Morgan fingerprint density at radius 1 is 1.03 bits per heavy atom. The van der Waals surface area contributed by atoms with Crippen molar-refractivity contribution in [3.8, 4) is 0 Å². The van der Waals surface area contributed by atoms with Crippen LogP contribution < -0.4 is 0 Å². The zero-order chi connectivity index (χ0) is 22.1. The van der Waals surface area contributed by atoms with Crippen LogP contribution in [0.25, 0.3) is 17.0 Å². The van der Waals surface area contributed by atoms with Crippen molar-refractivity contribution in [2.75, 3.05) is 0 Å². The number of nitrogens with zero attached hydrogens (tertiary/aromatic N) is 3. The van der Waals surface area contributed by atoms with Gasteiger partial charge in [-0.1, -0.05) is 36.4 Å². The minimum absolute atomic E-state index is 0.0672. The third-order valence-electron chi connectivity index (χ3n) is 5.38. The van der Waals surface area contributed by atoms with Crippen LogP contribution in [0.2, 0.25) is 0 Å². The molecule has 0 radical (unpaired) electrons. The van der Waals surface area contributed by atoms with E-state index < -0.39 is 0 Å². The van der Waals surface area contributed by atoms with Gasteiger partial charge < -0.3 is 8.98 Å². The topological polar surface area (TPSA) is 50.7 Å². The lowest BCUT2D eigenvalue weighted by atomic mass is 10.1. The van der Waals surface area contributed by atoms with E-state index in [0.29, 0.717) is 22.7 Å². The summed E-state index contributed by atoms with van der Waals surface area (Å²) in [6.45, 7) is 4.67. The molecule has 0 spiro atoms. The summed E-state index contributed by atoms with van der Waals surface area (Å²) in [5.74, 6) is 0.653. The SMILES string of the molecule is CC(C)n1cc(/C=C2\SC(=Nc3ccccc3)N(Cc3ccco3)C2=O)c2ccccc21. The number of amides is 1. The van der Waals surface area contributed by atoms with E-state index in [0.717, 1.165) is 27.9 Å². The predicted molar refractivity (Wildman–Crippen MR) is 131 cm³/mol. The molecule has 0 atom stereocenters. The maximum Gasteiger partial charge on any atom is 0.267 e. The second kappa shape index (κ2) is 8.55. The number of furan rings is 1. The van der Waals surface area contributed by atoms with Gasteiger partial charge in [0, 0.05) is 28.7 Å². The average Bonchev–Trinajstić information content (AvgIpc) is 3.51. The number of para-hydroxylation sites is 2. The lowest BCUT2D eigenvalue weighted by Gasteiger charge is -2.13. The lowest BCUT2D eigenvalue weighted by molar-refractivity contribution is -0.122. The number of thioether (sulfide) groups is 1. The number of hydrogen-bond acceptors (Lipinski definition) is 4. The Bertz CT molecular complexity index is 1320. The molecule has 0 bridgehead atoms. The first-order valence-electron chi connectivity index (χ1n) is 10.6. The average molecular weight is 442 g/mol. The normalized spacial score (nSPS) is 16.8. The Labute approximate surface area is 191 Å². The summed E-state index contributed by atoms with van der Waals surface area (Å²) in [5, 5.41) is 1.78. The molecule has 6 heteroatoms. The molecule has 160 valence electrons. The van der Waals surface area contributed by atoms with Crippen molar-refractivity contribution < 1.29 is 9.21 Å². The zero-order valence-corrected chi connectivity index (χ0v) is 18.8. The summed E-state index contributed by atoms with van der Waals surface area (Å²) in [4.78, 5) is 20.5. The summed E-state index contributed by atoms with van der Waals surface area (Å²) >= 11 is 1.40. The third kappa shape index (κ3) is 3.89. The van der Waals surface area contributed by atoms with E-state index in [1.165, 1.54) is 11.8 Å². The van der Waals surface area contributed by atoms with Crippen LogP contribution in [0.3, 0.4) is 0 Å². The standard InChI is InChI=1S/C26H23N3O2S/c1-18(2)28-16-19(22-12-6-7-13-23(22)28)15-24-25(30)29(17-21-11-8-14-31-21)26(32-24)27-20-9-4-3-5-10-20/h3-16,18H,17H2,1-2H3/b24-15-,27-26?. The van der Waals surface area contributed by atoms with E-state index in [1.807, 2.05) is 60.7 Å². The fraction of sp³-hybridized carbons (Fsp3) is 0.154. The predicted octanol–water partition coefficient (Wildman–Crippen LogP) is 6.62. The molecule has 2 aromatic carbocycles. The molecule has 5 nitrogen and oxygen atoms in total. The van der Waals surface area contributed by atoms with Crippen LogP contribution in [0.5, 0.6) is 0 Å². The molecule has 32 heavy (non-hydrogen) atoms. The molecule has 1 fully saturated rings. The van der Waals surface area contributed by atoms with E-state index in [9.17, 15) is 4.79 Å². The summed E-state index contributed by atoms with van der Waals surface area (Å²) in [6, 6.07) is 22.0.